The minimum atomic E-state index is -4.35. The lowest BCUT2D eigenvalue weighted by Crippen LogP contribution is -2.47. The smallest absolute Gasteiger partial charge is 0.369 e. The van der Waals surface area contributed by atoms with Crippen molar-refractivity contribution >= 4 is 23.3 Å². The van der Waals surface area contributed by atoms with Gasteiger partial charge in [0.1, 0.15) is 0 Å². The lowest BCUT2D eigenvalue weighted by Gasteiger charge is -2.38. The monoisotopic (exact) mass is 443 g/mol. The Morgan fingerprint density at radius 1 is 0.938 bits per heavy atom. The maximum atomic E-state index is 13.0. The summed E-state index contributed by atoms with van der Waals surface area (Å²) in [5.41, 5.74) is 6.69. The molecule has 0 radical (unpaired) electrons. The van der Waals surface area contributed by atoms with Gasteiger partial charge in [-0.1, -0.05) is 24.3 Å². The molecule has 2 aromatic carbocycles. The number of anilines is 4. The summed E-state index contributed by atoms with van der Waals surface area (Å²) in [5, 5.41) is 3.13. The molecular formula is C22H24F3N7. The number of nitrogen functional groups attached to an aromatic ring is 1. The summed E-state index contributed by atoms with van der Waals surface area (Å²) >= 11 is 0. The van der Waals surface area contributed by atoms with E-state index in [4.69, 9.17) is 5.73 Å². The number of hydrogen-bond acceptors (Lipinski definition) is 7. The van der Waals surface area contributed by atoms with E-state index in [-0.39, 0.29) is 12.0 Å². The molecule has 1 aliphatic heterocycles. The quantitative estimate of drug-likeness (QED) is 0.614. The summed E-state index contributed by atoms with van der Waals surface area (Å²) in [6, 6.07) is 14.8. The molecule has 4 rings (SSSR count). The SMILES string of the molecule is C[C@@H](c1nc(N)nc(Nc2ccccc2)n1)N1CCN(c2cccc(C(F)(F)F)c2)CC1. The second kappa shape index (κ2) is 8.99. The van der Waals surface area contributed by atoms with Gasteiger partial charge in [0.25, 0.3) is 0 Å². The minimum Gasteiger partial charge on any atom is -0.369 e. The molecule has 0 amide bonds. The van der Waals surface area contributed by atoms with E-state index in [1.54, 1.807) is 6.07 Å². The Morgan fingerprint density at radius 3 is 2.34 bits per heavy atom. The van der Waals surface area contributed by atoms with E-state index < -0.39 is 11.7 Å². The fraction of sp³-hybridized carbons (Fsp3) is 0.318. The van der Waals surface area contributed by atoms with Crippen molar-refractivity contribution in [1.29, 1.82) is 0 Å². The van der Waals surface area contributed by atoms with Crippen LogP contribution in [-0.4, -0.2) is 46.0 Å². The highest BCUT2D eigenvalue weighted by molar-refractivity contribution is 5.53. The van der Waals surface area contributed by atoms with Gasteiger partial charge in [-0.2, -0.15) is 28.1 Å². The molecule has 0 aliphatic carbocycles. The molecule has 1 aliphatic rings. The molecule has 168 valence electrons. The van der Waals surface area contributed by atoms with Crippen molar-refractivity contribution in [1.82, 2.24) is 19.9 Å². The summed E-state index contributed by atoms with van der Waals surface area (Å²) in [4.78, 5) is 17.1. The molecule has 0 unspecified atom stereocenters. The third-order valence-corrected chi connectivity index (χ3v) is 5.47. The number of piperazine rings is 1. The van der Waals surface area contributed by atoms with E-state index in [1.165, 1.54) is 12.1 Å². The van der Waals surface area contributed by atoms with Crippen molar-refractivity contribution in [3.05, 3.63) is 66.0 Å². The number of alkyl halides is 3. The molecule has 0 spiro atoms. The van der Waals surface area contributed by atoms with Gasteiger partial charge in [0, 0.05) is 37.6 Å². The molecule has 0 saturated carbocycles. The summed E-state index contributed by atoms with van der Waals surface area (Å²) < 4.78 is 39.1. The van der Waals surface area contributed by atoms with Gasteiger partial charge in [0.05, 0.1) is 11.6 Å². The number of benzene rings is 2. The van der Waals surface area contributed by atoms with Gasteiger partial charge in [-0.25, -0.2) is 0 Å². The van der Waals surface area contributed by atoms with Crippen LogP contribution in [0.5, 0.6) is 0 Å². The molecule has 3 N–H and O–H groups in total. The molecule has 3 aromatic rings. The van der Waals surface area contributed by atoms with Crippen molar-refractivity contribution in [2.45, 2.75) is 19.1 Å². The van der Waals surface area contributed by atoms with Crippen molar-refractivity contribution in [2.75, 3.05) is 42.1 Å². The van der Waals surface area contributed by atoms with Crippen LogP contribution in [0.4, 0.5) is 36.4 Å². The number of nitrogens with zero attached hydrogens (tertiary/aromatic N) is 5. The lowest BCUT2D eigenvalue weighted by molar-refractivity contribution is -0.137. The van der Waals surface area contributed by atoms with E-state index >= 15 is 0 Å². The summed E-state index contributed by atoms with van der Waals surface area (Å²) in [5.74, 6) is 1.04. The Balaban J connectivity index is 1.43. The Morgan fingerprint density at radius 2 is 1.66 bits per heavy atom. The molecule has 1 saturated heterocycles. The number of aromatic nitrogens is 3. The van der Waals surface area contributed by atoms with Gasteiger partial charge in [-0.3, -0.25) is 4.90 Å². The standard InChI is InChI=1S/C22H24F3N7/c1-15(19-28-20(26)30-21(29-19)27-17-7-3-2-4-8-17)31-10-12-32(13-11-31)18-9-5-6-16(14-18)22(23,24)25/h2-9,14-15H,10-13H2,1H3,(H3,26,27,28,29,30)/t15-/m0/s1. The van der Waals surface area contributed by atoms with Crippen LogP contribution in [0.3, 0.4) is 0 Å². The number of nitrogens with one attached hydrogen (secondary N) is 1. The predicted octanol–water partition coefficient (Wildman–Crippen LogP) is 4.10. The topological polar surface area (TPSA) is 83.2 Å². The Bertz CT molecular complexity index is 1050. The Hall–Kier alpha value is -3.40. The zero-order chi connectivity index (χ0) is 22.7. The molecule has 1 fully saturated rings. The van der Waals surface area contributed by atoms with Crippen molar-refractivity contribution in [3.8, 4) is 0 Å². The van der Waals surface area contributed by atoms with E-state index in [9.17, 15) is 13.2 Å². The van der Waals surface area contributed by atoms with E-state index in [2.05, 4.69) is 25.2 Å². The maximum absolute atomic E-state index is 13.0. The van der Waals surface area contributed by atoms with Crippen molar-refractivity contribution in [2.24, 2.45) is 0 Å². The van der Waals surface area contributed by atoms with Crippen LogP contribution in [0.1, 0.15) is 24.4 Å². The van der Waals surface area contributed by atoms with Crippen LogP contribution in [0.25, 0.3) is 0 Å². The first-order valence-electron chi connectivity index (χ1n) is 10.3. The van der Waals surface area contributed by atoms with Crippen LogP contribution in [0.15, 0.2) is 54.6 Å². The van der Waals surface area contributed by atoms with Gasteiger partial charge in [0.15, 0.2) is 5.82 Å². The Kier molecular flexibility index (Phi) is 6.13. The van der Waals surface area contributed by atoms with E-state index in [1.807, 2.05) is 42.2 Å². The number of hydrogen-bond donors (Lipinski definition) is 2. The predicted molar refractivity (Wildman–Crippen MR) is 118 cm³/mol. The zero-order valence-corrected chi connectivity index (χ0v) is 17.5. The van der Waals surface area contributed by atoms with E-state index in [0.717, 1.165) is 11.8 Å². The first-order valence-corrected chi connectivity index (χ1v) is 10.3. The second-order valence-electron chi connectivity index (χ2n) is 7.61. The fourth-order valence-electron chi connectivity index (χ4n) is 3.71. The summed E-state index contributed by atoms with van der Waals surface area (Å²) in [6.07, 6.45) is -4.35. The molecular weight excluding hydrogens is 419 g/mol. The Labute approximate surface area is 184 Å². The average Bonchev–Trinajstić information content (AvgIpc) is 2.78. The fourth-order valence-corrected chi connectivity index (χ4v) is 3.71. The van der Waals surface area contributed by atoms with Crippen LogP contribution in [-0.2, 0) is 6.18 Å². The highest BCUT2D eigenvalue weighted by Gasteiger charge is 2.31. The molecule has 1 aromatic heterocycles. The number of halogens is 3. The average molecular weight is 443 g/mol. The number of rotatable bonds is 5. The first kappa shape index (κ1) is 21.8. The molecule has 10 heteroatoms. The van der Waals surface area contributed by atoms with Gasteiger partial charge in [-0.15, -0.1) is 0 Å². The largest absolute Gasteiger partial charge is 0.416 e. The third-order valence-electron chi connectivity index (χ3n) is 5.47. The highest BCUT2D eigenvalue weighted by atomic mass is 19.4. The molecule has 0 bridgehead atoms. The third kappa shape index (κ3) is 5.08. The van der Waals surface area contributed by atoms with Gasteiger partial charge >= 0.3 is 6.18 Å². The summed E-state index contributed by atoms with van der Waals surface area (Å²) in [6.45, 7) is 4.50. The maximum Gasteiger partial charge on any atom is 0.416 e. The van der Waals surface area contributed by atoms with Gasteiger partial charge < -0.3 is 16.0 Å². The summed E-state index contributed by atoms with van der Waals surface area (Å²) in [7, 11) is 0. The minimum absolute atomic E-state index is 0.125. The van der Waals surface area contributed by atoms with Crippen LogP contribution in [0.2, 0.25) is 0 Å². The lowest BCUT2D eigenvalue weighted by atomic mass is 10.1. The van der Waals surface area contributed by atoms with Crippen LogP contribution in [0, 0.1) is 0 Å². The van der Waals surface area contributed by atoms with Crippen molar-refractivity contribution in [3.63, 3.8) is 0 Å². The second-order valence-corrected chi connectivity index (χ2v) is 7.61. The molecule has 1 atom stereocenters. The number of nitrogens with two attached hydrogens (primary N) is 1. The van der Waals surface area contributed by atoms with Crippen LogP contribution < -0.4 is 16.0 Å². The highest BCUT2D eigenvalue weighted by Crippen LogP contribution is 2.32. The molecule has 32 heavy (non-hydrogen) atoms. The first-order chi connectivity index (χ1) is 15.3. The zero-order valence-electron chi connectivity index (χ0n) is 17.5. The molecule has 2 heterocycles. The van der Waals surface area contributed by atoms with Gasteiger partial charge in [0.2, 0.25) is 11.9 Å². The van der Waals surface area contributed by atoms with Gasteiger partial charge in [-0.05, 0) is 37.3 Å². The number of para-hydroxylation sites is 1. The molecule has 7 nitrogen and oxygen atoms in total. The normalized spacial score (nSPS) is 16.1. The van der Waals surface area contributed by atoms with Crippen molar-refractivity contribution < 1.29 is 13.2 Å². The van der Waals surface area contributed by atoms with Crippen LogP contribution >= 0.6 is 0 Å². The van der Waals surface area contributed by atoms with E-state index in [0.29, 0.717) is 43.6 Å².